The van der Waals surface area contributed by atoms with Crippen LogP contribution in [0.1, 0.15) is 22.4 Å². The zero-order chi connectivity index (χ0) is 14.0. The van der Waals surface area contributed by atoms with Crippen LogP contribution in [0.3, 0.4) is 0 Å². The van der Waals surface area contributed by atoms with Gasteiger partial charge in [-0.2, -0.15) is 5.10 Å². The molecule has 1 aromatic carbocycles. The van der Waals surface area contributed by atoms with Crippen LogP contribution >= 0.6 is 11.6 Å². The number of phenols is 1. The van der Waals surface area contributed by atoms with E-state index >= 15 is 0 Å². The lowest BCUT2D eigenvalue weighted by Crippen LogP contribution is -1.98. The predicted octanol–water partition coefficient (Wildman–Crippen LogP) is 2.41. The molecule has 0 aliphatic rings. The van der Waals surface area contributed by atoms with Crippen molar-refractivity contribution in [2.24, 2.45) is 5.10 Å². The SMILES string of the molecule is Cc1cc(C=Nn2cc(C)nc2N)c(O)c(CCl)c1. The molecule has 0 aliphatic heterocycles. The number of nitrogen functional groups attached to an aromatic ring is 1. The molecule has 1 heterocycles. The Morgan fingerprint density at radius 1 is 1.47 bits per heavy atom. The van der Waals surface area contributed by atoms with Crippen molar-refractivity contribution in [3.8, 4) is 5.75 Å². The Morgan fingerprint density at radius 3 is 2.79 bits per heavy atom. The largest absolute Gasteiger partial charge is 0.507 e. The Labute approximate surface area is 116 Å². The molecule has 0 fully saturated rings. The van der Waals surface area contributed by atoms with Gasteiger partial charge in [0.1, 0.15) is 5.75 Å². The molecule has 3 N–H and O–H groups in total. The molecule has 6 heteroatoms. The molecular weight excluding hydrogens is 264 g/mol. The van der Waals surface area contributed by atoms with Gasteiger partial charge in [0, 0.05) is 11.1 Å². The average molecular weight is 279 g/mol. The summed E-state index contributed by atoms with van der Waals surface area (Å²) in [5.74, 6) is 0.693. The third-order valence-corrected chi connectivity index (χ3v) is 2.95. The fourth-order valence-corrected chi connectivity index (χ4v) is 2.01. The number of hydrogen-bond acceptors (Lipinski definition) is 4. The van der Waals surface area contributed by atoms with Crippen molar-refractivity contribution in [2.75, 3.05) is 5.73 Å². The number of nitrogens with two attached hydrogens (primary N) is 1. The molecule has 100 valence electrons. The van der Waals surface area contributed by atoms with E-state index in [2.05, 4.69) is 10.1 Å². The van der Waals surface area contributed by atoms with Crippen LogP contribution in [0.15, 0.2) is 23.4 Å². The molecular formula is C13H15ClN4O. The van der Waals surface area contributed by atoms with Gasteiger partial charge >= 0.3 is 0 Å². The van der Waals surface area contributed by atoms with E-state index in [0.29, 0.717) is 17.1 Å². The summed E-state index contributed by atoms with van der Waals surface area (Å²) in [4.78, 5) is 4.04. The molecule has 0 amide bonds. The predicted molar refractivity (Wildman–Crippen MR) is 76.8 cm³/mol. The van der Waals surface area contributed by atoms with E-state index in [1.54, 1.807) is 6.20 Å². The highest BCUT2D eigenvalue weighted by atomic mass is 35.5. The first-order valence-electron chi connectivity index (χ1n) is 5.75. The lowest BCUT2D eigenvalue weighted by molar-refractivity contribution is 0.469. The van der Waals surface area contributed by atoms with Gasteiger partial charge in [-0.1, -0.05) is 6.07 Å². The van der Waals surface area contributed by atoms with Crippen molar-refractivity contribution in [3.05, 3.63) is 40.7 Å². The second kappa shape index (κ2) is 5.32. The highest BCUT2D eigenvalue weighted by molar-refractivity contribution is 6.17. The molecule has 1 aromatic heterocycles. The summed E-state index contributed by atoms with van der Waals surface area (Å²) >= 11 is 5.78. The maximum absolute atomic E-state index is 10.0. The van der Waals surface area contributed by atoms with Crippen LogP contribution in [0.2, 0.25) is 0 Å². The van der Waals surface area contributed by atoms with Crippen molar-refractivity contribution in [2.45, 2.75) is 19.7 Å². The number of phenolic OH excluding ortho intramolecular Hbond substituents is 1. The lowest BCUT2D eigenvalue weighted by atomic mass is 10.1. The van der Waals surface area contributed by atoms with Gasteiger partial charge in [0.25, 0.3) is 0 Å². The van der Waals surface area contributed by atoms with E-state index < -0.39 is 0 Å². The van der Waals surface area contributed by atoms with Gasteiger partial charge in [-0.05, 0) is 25.5 Å². The second-order valence-electron chi connectivity index (χ2n) is 4.33. The van der Waals surface area contributed by atoms with E-state index in [1.807, 2.05) is 26.0 Å². The average Bonchev–Trinajstić information content (AvgIpc) is 2.68. The molecule has 0 spiro atoms. The summed E-state index contributed by atoms with van der Waals surface area (Å²) in [5, 5.41) is 14.2. The molecule has 0 aliphatic carbocycles. The number of rotatable bonds is 3. The van der Waals surface area contributed by atoms with Crippen molar-refractivity contribution in [1.82, 2.24) is 9.66 Å². The number of aryl methyl sites for hydroxylation is 2. The van der Waals surface area contributed by atoms with Crippen LogP contribution < -0.4 is 5.73 Å². The number of aromatic hydroxyl groups is 1. The summed E-state index contributed by atoms with van der Waals surface area (Å²) in [6, 6.07) is 3.67. The van der Waals surface area contributed by atoms with Crippen molar-refractivity contribution in [1.29, 1.82) is 0 Å². The number of benzene rings is 1. The zero-order valence-electron chi connectivity index (χ0n) is 10.8. The first kappa shape index (κ1) is 13.4. The van der Waals surface area contributed by atoms with Gasteiger partial charge in [0.05, 0.1) is 24.0 Å². The van der Waals surface area contributed by atoms with E-state index in [-0.39, 0.29) is 11.6 Å². The van der Waals surface area contributed by atoms with Crippen molar-refractivity contribution in [3.63, 3.8) is 0 Å². The summed E-state index contributed by atoms with van der Waals surface area (Å²) in [5.41, 5.74) is 8.75. The molecule has 5 nitrogen and oxygen atoms in total. The highest BCUT2D eigenvalue weighted by Crippen LogP contribution is 2.24. The minimum Gasteiger partial charge on any atom is -0.507 e. The van der Waals surface area contributed by atoms with Crippen LogP contribution in [-0.4, -0.2) is 21.0 Å². The third-order valence-electron chi connectivity index (χ3n) is 2.66. The molecule has 0 unspecified atom stereocenters. The van der Waals surface area contributed by atoms with Crippen LogP contribution in [0.25, 0.3) is 0 Å². The topological polar surface area (TPSA) is 76.4 Å². The Morgan fingerprint density at radius 2 is 2.21 bits per heavy atom. The standard InChI is InChI=1S/C13H15ClN4O/c1-8-3-10(5-14)12(19)11(4-8)6-16-18-7-9(2)17-13(18)15/h3-4,6-7,19H,5H2,1-2H3,(H2,15,17). The Kier molecular flexibility index (Phi) is 3.76. The van der Waals surface area contributed by atoms with E-state index in [0.717, 1.165) is 11.3 Å². The van der Waals surface area contributed by atoms with E-state index in [4.69, 9.17) is 17.3 Å². The summed E-state index contributed by atoms with van der Waals surface area (Å²) < 4.78 is 1.46. The van der Waals surface area contributed by atoms with E-state index in [9.17, 15) is 5.11 Å². The monoisotopic (exact) mass is 278 g/mol. The molecule has 2 aromatic rings. The zero-order valence-corrected chi connectivity index (χ0v) is 11.5. The minimum atomic E-state index is 0.139. The van der Waals surface area contributed by atoms with Crippen molar-refractivity contribution >= 4 is 23.8 Å². The van der Waals surface area contributed by atoms with Crippen LogP contribution in [-0.2, 0) is 5.88 Å². The number of anilines is 1. The number of aromatic nitrogens is 2. The maximum atomic E-state index is 10.0. The third kappa shape index (κ3) is 2.88. The summed E-state index contributed by atoms with van der Waals surface area (Å²) in [6.07, 6.45) is 3.25. The molecule has 0 saturated carbocycles. The molecule has 0 bridgehead atoms. The van der Waals surface area contributed by atoms with Gasteiger partial charge in [-0.25, -0.2) is 9.66 Å². The molecule has 0 saturated heterocycles. The summed E-state index contributed by atoms with van der Waals surface area (Å²) in [6.45, 7) is 3.76. The first-order chi connectivity index (χ1) is 9.01. The normalized spacial score (nSPS) is 11.3. The van der Waals surface area contributed by atoms with Gasteiger partial charge < -0.3 is 10.8 Å². The lowest BCUT2D eigenvalue weighted by Gasteiger charge is -2.06. The van der Waals surface area contributed by atoms with Gasteiger partial charge in [-0.3, -0.25) is 0 Å². The first-order valence-corrected chi connectivity index (χ1v) is 6.29. The van der Waals surface area contributed by atoms with Gasteiger partial charge in [0.15, 0.2) is 0 Å². The Bertz CT molecular complexity index is 634. The summed E-state index contributed by atoms with van der Waals surface area (Å²) in [7, 11) is 0. The minimum absolute atomic E-state index is 0.139. The van der Waals surface area contributed by atoms with Gasteiger partial charge in [0.2, 0.25) is 5.95 Å². The smallest absolute Gasteiger partial charge is 0.221 e. The van der Waals surface area contributed by atoms with Crippen LogP contribution in [0, 0.1) is 13.8 Å². The molecule has 0 atom stereocenters. The number of alkyl halides is 1. The Hall–Kier alpha value is -2.01. The van der Waals surface area contributed by atoms with E-state index in [1.165, 1.54) is 10.9 Å². The van der Waals surface area contributed by atoms with Crippen LogP contribution in [0.5, 0.6) is 5.75 Å². The number of hydrogen-bond donors (Lipinski definition) is 2. The Balaban J connectivity index is 2.38. The quantitative estimate of drug-likeness (QED) is 0.669. The highest BCUT2D eigenvalue weighted by Gasteiger charge is 2.06. The fraction of sp³-hybridized carbons (Fsp3) is 0.231. The molecule has 19 heavy (non-hydrogen) atoms. The maximum Gasteiger partial charge on any atom is 0.221 e. The fourth-order valence-electron chi connectivity index (χ4n) is 1.80. The number of halogens is 1. The number of nitrogens with zero attached hydrogens (tertiary/aromatic N) is 3. The van der Waals surface area contributed by atoms with Crippen molar-refractivity contribution < 1.29 is 5.11 Å². The molecule has 2 rings (SSSR count). The molecule has 0 radical (unpaired) electrons. The van der Waals surface area contributed by atoms with Crippen LogP contribution in [0.4, 0.5) is 5.95 Å². The second-order valence-corrected chi connectivity index (χ2v) is 4.59. The van der Waals surface area contributed by atoms with Gasteiger partial charge in [-0.15, -0.1) is 11.6 Å². The number of imidazole rings is 1.